The maximum atomic E-state index is 6.18. The van der Waals surface area contributed by atoms with Crippen LogP contribution in [0.2, 0.25) is 5.15 Å². The summed E-state index contributed by atoms with van der Waals surface area (Å²) in [5, 5.41) is 0.551. The smallest absolute Gasteiger partial charge is 0.135 e. The SMILES string of the molecule is Cc1ccncc1C1=CCN(c2cc(Cl)nc(C3CC3)n2)CC1. The number of hydrogen-bond acceptors (Lipinski definition) is 4. The van der Waals surface area contributed by atoms with Gasteiger partial charge in [0.2, 0.25) is 0 Å². The van der Waals surface area contributed by atoms with Crippen molar-refractivity contribution in [1.82, 2.24) is 15.0 Å². The zero-order valence-electron chi connectivity index (χ0n) is 13.2. The van der Waals surface area contributed by atoms with Crippen LogP contribution in [0.5, 0.6) is 0 Å². The number of pyridine rings is 1. The molecule has 4 nitrogen and oxygen atoms in total. The third-order valence-electron chi connectivity index (χ3n) is 4.56. The van der Waals surface area contributed by atoms with Gasteiger partial charge in [-0.25, -0.2) is 9.97 Å². The van der Waals surface area contributed by atoms with Gasteiger partial charge in [-0.2, -0.15) is 0 Å². The second-order valence-corrected chi connectivity index (χ2v) is 6.68. The summed E-state index contributed by atoms with van der Waals surface area (Å²) in [5.74, 6) is 2.37. The van der Waals surface area contributed by atoms with Gasteiger partial charge < -0.3 is 4.90 Å². The molecule has 0 radical (unpaired) electrons. The number of rotatable bonds is 3. The van der Waals surface area contributed by atoms with Crippen molar-refractivity contribution in [2.24, 2.45) is 0 Å². The molecule has 2 aromatic heterocycles. The first-order valence-corrected chi connectivity index (χ1v) is 8.48. The maximum absolute atomic E-state index is 6.18. The van der Waals surface area contributed by atoms with Gasteiger partial charge in [0.05, 0.1) is 0 Å². The van der Waals surface area contributed by atoms with Crippen LogP contribution < -0.4 is 4.90 Å². The molecule has 23 heavy (non-hydrogen) atoms. The maximum Gasteiger partial charge on any atom is 0.135 e. The molecule has 1 aliphatic carbocycles. The summed E-state index contributed by atoms with van der Waals surface area (Å²) in [7, 11) is 0. The molecule has 118 valence electrons. The number of halogens is 1. The molecule has 0 aromatic carbocycles. The summed E-state index contributed by atoms with van der Waals surface area (Å²) in [5.41, 5.74) is 3.90. The number of aryl methyl sites for hydroxylation is 1. The van der Waals surface area contributed by atoms with Crippen LogP contribution in [-0.2, 0) is 0 Å². The Balaban J connectivity index is 1.56. The van der Waals surface area contributed by atoms with E-state index in [1.165, 1.54) is 29.5 Å². The van der Waals surface area contributed by atoms with Crippen molar-refractivity contribution >= 4 is 23.0 Å². The van der Waals surface area contributed by atoms with Crippen LogP contribution >= 0.6 is 11.6 Å². The molecule has 5 heteroatoms. The summed E-state index contributed by atoms with van der Waals surface area (Å²) in [6, 6.07) is 3.94. The van der Waals surface area contributed by atoms with Crippen LogP contribution in [0.15, 0.2) is 30.6 Å². The van der Waals surface area contributed by atoms with E-state index in [1.807, 2.05) is 18.5 Å². The highest BCUT2D eigenvalue weighted by Crippen LogP contribution is 2.39. The van der Waals surface area contributed by atoms with Gasteiger partial charge in [0.1, 0.15) is 16.8 Å². The highest BCUT2D eigenvalue weighted by atomic mass is 35.5. The van der Waals surface area contributed by atoms with Crippen LogP contribution in [0.1, 0.15) is 42.1 Å². The Morgan fingerprint density at radius 3 is 2.83 bits per heavy atom. The first kappa shape index (κ1) is 14.6. The van der Waals surface area contributed by atoms with Crippen LogP contribution in [0.3, 0.4) is 0 Å². The Labute approximate surface area is 141 Å². The molecule has 0 amide bonds. The van der Waals surface area contributed by atoms with Crippen molar-refractivity contribution in [1.29, 1.82) is 0 Å². The van der Waals surface area contributed by atoms with Crippen LogP contribution in [0.4, 0.5) is 5.82 Å². The molecule has 0 saturated heterocycles. The average molecular weight is 327 g/mol. The molecular weight excluding hydrogens is 308 g/mol. The molecule has 0 atom stereocenters. The Morgan fingerprint density at radius 2 is 2.13 bits per heavy atom. The minimum absolute atomic E-state index is 0.515. The number of aromatic nitrogens is 3. The summed E-state index contributed by atoms with van der Waals surface area (Å²) in [4.78, 5) is 15.6. The minimum atomic E-state index is 0.515. The Morgan fingerprint density at radius 1 is 1.26 bits per heavy atom. The van der Waals surface area contributed by atoms with Crippen molar-refractivity contribution in [3.63, 3.8) is 0 Å². The third kappa shape index (κ3) is 3.08. The van der Waals surface area contributed by atoms with Gasteiger partial charge >= 0.3 is 0 Å². The second-order valence-electron chi connectivity index (χ2n) is 6.30. The van der Waals surface area contributed by atoms with Crippen molar-refractivity contribution in [3.05, 3.63) is 52.7 Å². The molecule has 2 aliphatic rings. The van der Waals surface area contributed by atoms with Gasteiger partial charge in [0.25, 0.3) is 0 Å². The van der Waals surface area contributed by atoms with Crippen molar-refractivity contribution in [2.75, 3.05) is 18.0 Å². The molecule has 0 N–H and O–H groups in total. The van der Waals surface area contributed by atoms with E-state index < -0.39 is 0 Å². The molecular formula is C18H19ClN4. The monoisotopic (exact) mass is 326 g/mol. The van der Waals surface area contributed by atoms with E-state index in [0.29, 0.717) is 11.1 Å². The first-order chi connectivity index (χ1) is 11.2. The van der Waals surface area contributed by atoms with Gasteiger partial charge in [-0.3, -0.25) is 4.98 Å². The van der Waals surface area contributed by atoms with Crippen molar-refractivity contribution < 1.29 is 0 Å². The van der Waals surface area contributed by atoms with E-state index in [4.69, 9.17) is 16.6 Å². The highest BCUT2D eigenvalue weighted by molar-refractivity contribution is 6.29. The molecule has 1 saturated carbocycles. The molecule has 2 aromatic rings. The Kier molecular flexibility index (Phi) is 3.77. The van der Waals surface area contributed by atoms with E-state index in [0.717, 1.165) is 31.2 Å². The predicted octanol–water partition coefficient (Wildman–Crippen LogP) is 4.00. The zero-order valence-corrected chi connectivity index (χ0v) is 13.9. The van der Waals surface area contributed by atoms with E-state index in [9.17, 15) is 0 Å². The first-order valence-electron chi connectivity index (χ1n) is 8.10. The fraction of sp³-hybridized carbons (Fsp3) is 0.389. The standard InChI is InChI=1S/C18H19ClN4/c1-12-4-7-20-11-15(12)13-5-8-23(9-6-13)17-10-16(19)21-18(22-17)14-2-3-14/h4-5,7,10-11,14H,2-3,6,8-9H2,1H3. The fourth-order valence-electron chi connectivity index (χ4n) is 3.03. The lowest BCUT2D eigenvalue weighted by atomic mass is 9.97. The van der Waals surface area contributed by atoms with Crippen molar-refractivity contribution in [3.8, 4) is 0 Å². The quantitative estimate of drug-likeness (QED) is 0.799. The Hall–Kier alpha value is -1.94. The van der Waals surface area contributed by atoms with Gasteiger partial charge in [-0.05, 0) is 49.0 Å². The molecule has 0 unspecified atom stereocenters. The summed E-state index contributed by atoms with van der Waals surface area (Å²) < 4.78 is 0. The number of hydrogen-bond donors (Lipinski definition) is 0. The van der Waals surface area contributed by atoms with Crippen molar-refractivity contribution in [2.45, 2.75) is 32.1 Å². The lowest BCUT2D eigenvalue weighted by molar-refractivity contribution is 0.798. The summed E-state index contributed by atoms with van der Waals surface area (Å²) in [6.07, 6.45) is 9.45. The fourth-order valence-corrected chi connectivity index (χ4v) is 3.22. The topological polar surface area (TPSA) is 41.9 Å². The molecule has 4 rings (SSSR count). The minimum Gasteiger partial charge on any atom is -0.352 e. The average Bonchev–Trinajstić information content (AvgIpc) is 3.40. The molecule has 0 bridgehead atoms. The third-order valence-corrected chi connectivity index (χ3v) is 4.75. The van der Waals surface area contributed by atoms with Crippen LogP contribution in [-0.4, -0.2) is 28.0 Å². The number of nitrogens with zero attached hydrogens (tertiary/aromatic N) is 4. The normalized spacial score (nSPS) is 18.0. The summed E-state index contributed by atoms with van der Waals surface area (Å²) in [6.45, 7) is 3.93. The van der Waals surface area contributed by atoms with Crippen LogP contribution in [0, 0.1) is 6.92 Å². The highest BCUT2D eigenvalue weighted by Gasteiger charge is 2.28. The molecule has 1 fully saturated rings. The molecule has 0 spiro atoms. The van der Waals surface area contributed by atoms with Crippen LogP contribution in [0.25, 0.3) is 5.57 Å². The van der Waals surface area contributed by atoms with Gasteiger partial charge in [-0.1, -0.05) is 17.7 Å². The zero-order chi connectivity index (χ0) is 15.8. The number of anilines is 1. The summed E-state index contributed by atoms with van der Waals surface area (Å²) >= 11 is 6.18. The lowest BCUT2D eigenvalue weighted by Gasteiger charge is -2.28. The second kappa shape index (κ2) is 5.93. The van der Waals surface area contributed by atoms with Gasteiger partial charge in [0.15, 0.2) is 0 Å². The van der Waals surface area contributed by atoms with Gasteiger partial charge in [-0.15, -0.1) is 0 Å². The van der Waals surface area contributed by atoms with Gasteiger partial charge in [0, 0.05) is 37.5 Å². The Bertz CT molecular complexity index is 767. The molecule has 3 heterocycles. The lowest BCUT2D eigenvalue weighted by Crippen LogP contribution is -2.29. The predicted molar refractivity (Wildman–Crippen MR) is 92.8 cm³/mol. The van der Waals surface area contributed by atoms with E-state index in [1.54, 1.807) is 0 Å². The van der Waals surface area contributed by atoms with E-state index in [2.05, 4.69) is 33.9 Å². The van der Waals surface area contributed by atoms with E-state index >= 15 is 0 Å². The molecule has 1 aliphatic heterocycles. The largest absolute Gasteiger partial charge is 0.352 e. The van der Waals surface area contributed by atoms with E-state index in [-0.39, 0.29) is 0 Å².